The van der Waals surface area contributed by atoms with Crippen molar-refractivity contribution in [1.82, 2.24) is 29.6 Å². The number of amides is 1. The zero-order chi connectivity index (χ0) is 18.6. The first-order chi connectivity index (χ1) is 13.2. The van der Waals surface area contributed by atoms with Gasteiger partial charge >= 0.3 is 0 Å². The molecule has 0 unspecified atom stereocenters. The molecule has 27 heavy (non-hydrogen) atoms. The molecule has 8 nitrogen and oxygen atoms in total. The molecule has 4 aromatic rings. The Bertz CT molecular complexity index is 1030. The number of nitrogens with zero attached hydrogens (tertiary/aromatic N) is 5. The van der Waals surface area contributed by atoms with Crippen molar-refractivity contribution in [2.45, 2.75) is 32.5 Å². The van der Waals surface area contributed by atoms with Crippen molar-refractivity contribution in [3.63, 3.8) is 0 Å². The van der Waals surface area contributed by atoms with Crippen molar-refractivity contribution >= 4 is 16.9 Å². The topological polar surface area (TPSA) is 90.8 Å². The second-order valence-electron chi connectivity index (χ2n) is 6.38. The molecule has 1 N–H and O–H groups in total. The normalized spacial score (nSPS) is 12.3. The van der Waals surface area contributed by atoms with Crippen LogP contribution in [0, 0.1) is 0 Å². The van der Waals surface area contributed by atoms with Crippen LogP contribution >= 0.6 is 0 Å². The number of fused-ring (bicyclic) bond motifs is 1. The smallest absolute Gasteiger partial charge is 0.273 e. The van der Waals surface area contributed by atoms with Crippen molar-refractivity contribution in [2.24, 2.45) is 0 Å². The van der Waals surface area contributed by atoms with Crippen LogP contribution in [0.2, 0.25) is 0 Å². The fraction of sp³-hybridized carbons (Fsp3) is 0.263. The minimum atomic E-state index is -0.243. The molecule has 3 heterocycles. The first kappa shape index (κ1) is 17.0. The Morgan fingerprint density at radius 1 is 1.30 bits per heavy atom. The molecule has 138 valence electrons. The minimum absolute atomic E-state index is 0.00978. The van der Waals surface area contributed by atoms with Crippen LogP contribution in [0.25, 0.3) is 11.0 Å². The lowest BCUT2D eigenvalue weighted by Gasteiger charge is -2.16. The van der Waals surface area contributed by atoms with Crippen LogP contribution < -0.4 is 5.32 Å². The van der Waals surface area contributed by atoms with Crippen LogP contribution in [0.15, 0.2) is 59.9 Å². The molecule has 0 spiro atoms. The molecule has 8 heteroatoms. The molecule has 1 amide bonds. The van der Waals surface area contributed by atoms with E-state index in [1.54, 1.807) is 24.9 Å². The highest BCUT2D eigenvalue weighted by molar-refractivity contribution is 5.92. The van der Waals surface area contributed by atoms with Crippen LogP contribution in [0.3, 0.4) is 0 Å². The van der Waals surface area contributed by atoms with E-state index in [0.29, 0.717) is 18.8 Å². The van der Waals surface area contributed by atoms with E-state index in [4.69, 9.17) is 4.52 Å². The molecule has 0 saturated heterocycles. The third kappa shape index (κ3) is 3.74. The van der Waals surface area contributed by atoms with Gasteiger partial charge in [-0.25, -0.2) is 9.97 Å². The Balaban J connectivity index is 1.43. The summed E-state index contributed by atoms with van der Waals surface area (Å²) in [7, 11) is 0. The van der Waals surface area contributed by atoms with Gasteiger partial charge in [-0.3, -0.25) is 4.79 Å². The molecule has 0 saturated carbocycles. The van der Waals surface area contributed by atoms with Gasteiger partial charge in [-0.15, -0.1) is 0 Å². The van der Waals surface area contributed by atoms with Gasteiger partial charge in [0.15, 0.2) is 11.5 Å². The Hall–Kier alpha value is -3.42. The van der Waals surface area contributed by atoms with E-state index in [1.807, 2.05) is 46.5 Å². The zero-order valence-electron chi connectivity index (χ0n) is 14.9. The summed E-state index contributed by atoms with van der Waals surface area (Å²) < 4.78 is 9.26. The van der Waals surface area contributed by atoms with Gasteiger partial charge in [0.25, 0.3) is 5.91 Å². The second kappa shape index (κ2) is 7.45. The van der Waals surface area contributed by atoms with Crippen LogP contribution in [-0.4, -0.2) is 36.2 Å². The van der Waals surface area contributed by atoms with Crippen molar-refractivity contribution in [2.75, 3.05) is 0 Å². The van der Waals surface area contributed by atoms with E-state index in [0.717, 1.165) is 17.5 Å². The highest BCUT2D eigenvalue weighted by atomic mass is 16.5. The molecule has 1 aromatic carbocycles. The van der Waals surface area contributed by atoms with Gasteiger partial charge in [0.1, 0.15) is 0 Å². The van der Waals surface area contributed by atoms with Gasteiger partial charge in [0.05, 0.1) is 30.2 Å². The van der Waals surface area contributed by atoms with Gasteiger partial charge in [0, 0.05) is 31.0 Å². The van der Waals surface area contributed by atoms with Crippen LogP contribution in [0.1, 0.15) is 29.6 Å². The molecule has 0 fully saturated rings. The number of imidazole rings is 2. The molecule has 3 aromatic heterocycles. The van der Waals surface area contributed by atoms with Crippen LogP contribution in [0.5, 0.6) is 0 Å². The lowest BCUT2D eigenvalue weighted by Crippen LogP contribution is -2.37. The van der Waals surface area contributed by atoms with Gasteiger partial charge in [-0.2, -0.15) is 0 Å². The van der Waals surface area contributed by atoms with Crippen molar-refractivity contribution in [3.05, 3.63) is 66.8 Å². The van der Waals surface area contributed by atoms with Gasteiger partial charge < -0.3 is 19.0 Å². The SMILES string of the molecule is CC[C@@H](Cn1ccnc1)NC(=O)c1cc(Cn2cnc3ccccc32)on1. The molecule has 0 aliphatic rings. The Morgan fingerprint density at radius 2 is 2.19 bits per heavy atom. The van der Waals surface area contributed by atoms with E-state index in [9.17, 15) is 4.79 Å². The highest BCUT2D eigenvalue weighted by Gasteiger charge is 2.17. The number of para-hydroxylation sites is 2. The number of rotatable bonds is 7. The summed E-state index contributed by atoms with van der Waals surface area (Å²) in [6, 6.07) is 9.53. The van der Waals surface area contributed by atoms with Gasteiger partial charge in [-0.05, 0) is 18.6 Å². The summed E-state index contributed by atoms with van der Waals surface area (Å²) in [6.45, 7) is 3.15. The number of hydrogen-bond acceptors (Lipinski definition) is 5. The first-order valence-electron chi connectivity index (χ1n) is 8.85. The molecular weight excluding hydrogens is 344 g/mol. The fourth-order valence-corrected chi connectivity index (χ4v) is 2.98. The molecule has 0 radical (unpaired) electrons. The standard InChI is InChI=1S/C19H20N6O2/c1-2-14(10-24-8-7-20-12-24)22-19(26)17-9-15(27-23-17)11-25-13-21-16-5-3-4-6-18(16)25/h3-9,12-14H,2,10-11H2,1H3,(H,22,26)/t14-/m0/s1. The molecule has 0 aliphatic heterocycles. The summed E-state index contributed by atoms with van der Waals surface area (Å²) in [5.41, 5.74) is 2.20. The second-order valence-corrected chi connectivity index (χ2v) is 6.38. The molecule has 0 aliphatic carbocycles. The summed E-state index contributed by atoms with van der Waals surface area (Å²) in [6.07, 6.45) is 7.88. The summed E-state index contributed by atoms with van der Waals surface area (Å²) >= 11 is 0. The van der Waals surface area contributed by atoms with Gasteiger partial charge in [-0.1, -0.05) is 24.2 Å². The van der Waals surface area contributed by atoms with Crippen LogP contribution in [0.4, 0.5) is 0 Å². The van der Waals surface area contributed by atoms with Gasteiger partial charge in [0.2, 0.25) is 0 Å². The maximum Gasteiger partial charge on any atom is 0.273 e. The van der Waals surface area contributed by atoms with E-state index in [1.165, 1.54) is 0 Å². The quantitative estimate of drug-likeness (QED) is 0.544. The van der Waals surface area contributed by atoms with E-state index in [2.05, 4.69) is 20.4 Å². The Labute approximate surface area is 155 Å². The summed E-state index contributed by atoms with van der Waals surface area (Å²) in [4.78, 5) is 20.9. The first-order valence-corrected chi connectivity index (χ1v) is 8.85. The number of hydrogen-bond donors (Lipinski definition) is 1. The molecule has 1 atom stereocenters. The third-order valence-corrected chi connectivity index (χ3v) is 4.46. The lowest BCUT2D eigenvalue weighted by atomic mass is 10.2. The predicted octanol–water partition coefficient (Wildman–Crippen LogP) is 2.48. The number of carbonyl (C=O) groups is 1. The molecular formula is C19H20N6O2. The maximum absolute atomic E-state index is 12.5. The largest absolute Gasteiger partial charge is 0.359 e. The van der Waals surface area contributed by atoms with Crippen molar-refractivity contribution in [3.8, 4) is 0 Å². The highest BCUT2D eigenvalue weighted by Crippen LogP contribution is 2.14. The number of carbonyl (C=O) groups excluding carboxylic acids is 1. The van der Waals surface area contributed by atoms with Crippen molar-refractivity contribution < 1.29 is 9.32 Å². The average molecular weight is 364 g/mol. The molecule has 0 bridgehead atoms. The third-order valence-electron chi connectivity index (χ3n) is 4.46. The predicted molar refractivity (Wildman–Crippen MR) is 99.1 cm³/mol. The maximum atomic E-state index is 12.5. The Morgan fingerprint density at radius 3 is 3.00 bits per heavy atom. The monoisotopic (exact) mass is 364 g/mol. The average Bonchev–Trinajstić information content (AvgIpc) is 3.43. The Kier molecular flexibility index (Phi) is 4.69. The zero-order valence-corrected chi connectivity index (χ0v) is 14.9. The van der Waals surface area contributed by atoms with E-state index >= 15 is 0 Å². The fourth-order valence-electron chi connectivity index (χ4n) is 2.98. The number of aromatic nitrogens is 5. The van der Waals surface area contributed by atoms with E-state index < -0.39 is 0 Å². The summed E-state index contributed by atoms with van der Waals surface area (Å²) in [5.74, 6) is 0.360. The van der Waals surface area contributed by atoms with E-state index in [-0.39, 0.29) is 17.6 Å². The summed E-state index contributed by atoms with van der Waals surface area (Å²) in [5, 5.41) is 6.92. The molecule has 4 rings (SSSR count). The minimum Gasteiger partial charge on any atom is -0.359 e. The lowest BCUT2D eigenvalue weighted by molar-refractivity contribution is 0.0922. The van der Waals surface area contributed by atoms with Crippen molar-refractivity contribution in [1.29, 1.82) is 0 Å². The number of benzene rings is 1. The number of nitrogens with one attached hydrogen (secondary N) is 1. The van der Waals surface area contributed by atoms with Crippen LogP contribution in [-0.2, 0) is 13.1 Å².